The number of benzene rings is 1. The molecular weight excluding hydrogens is 300 g/mol. The average molecular weight is 315 g/mol. The van der Waals surface area contributed by atoms with Crippen molar-refractivity contribution in [1.82, 2.24) is 14.8 Å². The van der Waals surface area contributed by atoms with E-state index in [0.717, 1.165) is 24.1 Å². The van der Waals surface area contributed by atoms with Gasteiger partial charge in [0.2, 0.25) is 0 Å². The summed E-state index contributed by atoms with van der Waals surface area (Å²) in [7, 11) is 0. The second-order valence-corrected chi connectivity index (χ2v) is 6.00. The maximum atomic E-state index is 13.7. The molecule has 2 aromatic heterocycles. The fourth-order valence-electron chi connectivity index (χ4n) is 2.90. The number of aromatic nitrogens is 3. The lowest BCUT2D eigenvalue weighted by Crippen LogP contribution is -2.01. The smallest absolute Gasteiger partial charge is 0.160 e. The number of aliphatic hydroxyl groups is 1. The van der Waals surface area contributed by atoms with Gasteiger partial charge in [0.05, 0.1) is 29.2 Å². The highest BCUT2D eigenvalue weighted by Crippen LogP contribution is 2.43. The van der Waals surface area contributed by atoms with Crippen LogP contribution in [-0.4, -0.2) is 19.9 Å². The Kier molecular flexibility index (Phi) is 3.16. The molecule has 1 atom stereocenters. The molecule has 1 N–H and O–H groups in total. The SMILES string of the molecule is CC(O)c1cc(-c2cc3cc(F)c(F)cc3n2C2CC2)cnn1. The van der Waals surface area contributed by atoms with Gasteiger partial charge in [-0.25, -0.2) is 8.78 Å². The van der Waals surface area contributed by atoms with Gasteiger partial charge < -0.3 is 9.67 Å². The van der Waals surface area contributed by atoms with E-state index in [1.807, 2.05) is 10.6 Å². The Balaban J connectivity index is 1.96. The van der Waals surface area contributed by atoms with Crippen molar-refractivity contribution in [2.75, 3.05) is 0 Å². The Morgan fingerprint density at radius 3 is 2.61 bits per heavy atom. The summed E-state index contributed by atoms with van der Waals surface area (Å²) < 4.78 is 29.2. The summed E-state index contributed by atoms with van der Waals surface area (Å²) in [5.74, 6) is -1.70. The van der Waals surface area contributed by atoms with Crippen LogP contribution in [0.25, 0.3) is 22.2 Å². The van der Waals surface area contributed by atoms with Crippen molar-refractivity contribution in [1.29, 1.82) is 0 Å². The van der Waals surface area contributed by atoms with Crippen LogP contribution in [0, 0.1) is 11.6 Å². The molecule has 4 nitrogen and oxygen atoms in total. The van der Waals surface area contributed by atoms with E-state index in [9.17, 15) is 13.9 Å². The summed E-state index contributed by atoms with van der Waals surface area (Å²) in [4.78, 5) is 0. The average Bonchev–Trinajstić information content (AvgIpc) is 3.30. The van der Waals surface area contributed by atoms with E-state index in [-0.39, 0.29) is 6.04 Å². The molecule has 6 heteroatoms. The lowest BCUT2D eigenvalue weighted by atomic mass is 10.1. The zero-order valence-electron chi connectivity index (χ0n) is 12.5. The highest BCUT2D eigenvalue weighted by Gasteiger charge is 2.28. The van der Waals surface area contributed by atoms with Crippen LogP contribution in [0.4, 0.5) is 8.78 Å². The minimum atomic E-state index is -0.852. The molecule has 1 fully saturated rings. The third-order valence-corrected chi connectivity index (χ3v) is 4.19. The van der Waals surface area contributed by atoms with E-state index in [4.69, 9.17) is 0 Å². The number of halogens is 2. The largest absolute Gasteiger partial charge is 0.387 e. The Labute approximate surface area is 131 Å². The maximum Gasteiger partial charge on any atom is 0.160 e. The highest BCUT2D eigenvalue weighted by atomic mass is 19.2. The molecule has 1 unspecified atom stereocenters. The van der Waals surface area contributed by atoms with E-state index in [2.05, 4.69) is 10.2 Å². The Morgan fingerprint density at radius 1 is 1.17 bits per heavy atom. The third kappa shape index (κ3) is 2.39. The molecule has 0 spiro atoms. The van der Waals surface area contributed by atoms with Crippen LogP contribution in [0.2, 0.25) is 0 Å². The second kappa shape index (κ2) is 5.09. The molecule has 1 aliphatic carbocycles. The lowest BCUT2D eigenvalue weighted by Gasteiger charge is -2.11. The van der Waals surface area contributed by atoms with Gasteiger partial charge in [0, 0.05) is 23.1 Å². The summed E-state index contributed by atoms with van der Waals surface area (Å²) >= 11 is 0. The molecule has 1 aliphatic rings. The van der Waals surface area contributed by atoms with Crippen molar-refractivity contribution in [3.8, 4) is 11.3 Å². The Bertz CT molecular complexity index is 900. The number of rotatable bonds is 3. The molecule has 0 saturated heterocycles. The second-order valence-electron chi connectivity index (χ2n) is 6.00. The molecule has 0 bridgehead atoms. The molecule has 118 valence electrons. The number of hydrogen-bond donors (Lipinski definition) is 1. The summed E-state index contributed by atoms with van der Waals surface area (Å²) in [5.41, 5.74) is 2.76. The maximum absolute atomic E-state index is 13.7. The van der Waals surface area contributed by atoms with Gasteiger partial charge in [-0.3, -0.25) is 0 Å². The molecule has 23 heavy (non-hydrogen) atoms. The van der Waals surface area contributed by atoms with Crippen molar-refractivity contribution < 1.29 is 13.9 Å². The van der Waals surface area contributed by atoms with Crippen molar-refractivity contribution in [3.63, 3.8) is 0 Å². The molecule has 4 rings (SSSR count). The Morgan fingerprint density at radius 2 is 1.91 bits per heavy atom. The highest BCUT2D eigenvalue weighted by molar-refractivity contribution is 5.87. The van der Waals surface area contributed by atoms with E-state index in [1.165, 1.54) is 12.1 Å². The zero-order valence-corrected chi connectivity index (χ0v) is 12.5. The van der Waals surface area contributed by atoms with Crippen LogP contribution in [0.3, 0.4) is 0 Å². The van der Waals surface area contributed by atoms with Gasteiger partial charge >= 0.3 is 0 Å². The summed E-state index contributed by atoms with van der Waals surface area (Å²) in [6.07, 6.45) is 2.90. The first-order valence-electron chi connectivity index (χ1n) is 7.55. The minimum Gasteiger partial charge on any atom is -0.387 e. The molecule has 0 amide bonds. The molecule has 1 saturated carbocycles. The monoisotopic (exact) mass is 315 g/mol. The van der Waals surface area contributed by atoms with Gasteiger partial charge in [0.25, 0.3) is 0 Å². The molecule has 2 heterocycles. The predicted octanol–water partition coefficient (Wildman–Crippen LogP) is 3.76. The lowest BCUT2D eigenvalue weighted by molar-refractivity contribution is 0.193. The quantitative estimate of drug-likeness (QED) is 0.800. The van der Waals surface area contributed by atoms with E-state index in [1.54, 1.807) is 19.2 Å². The van der Waals surface area contributed by atoms with Crippen LogP contribution in [0.5, 0.6) is 0 Å². The minimum absolute atomic E-state index is 0.288. The van der Waals surface area contributed by atoms with Crippen molar-refractivity contribution >= 4 is 10.9 Å². The molecular formula is C17H15F2N3O. The number of aliphatic hydroxyl groups excluding tert-OH is 1. The van der Waals surface area contributed by atoms with Crippen molar-refractivity contribution in [2.45, 2.75) is 31.9 Å². The van der Waals surface area contributed by atoms with Crippen LogP contribution >= 0.6 is 0 Å². The third-order valence-electron chi connectivity index (χ3n) is 4.19. The normalized spacial score (nSPS) is 16.0. The van der Waals surface area contributed by atoms with Gasteiger partial charge in [-0.2, -0.15) is 10.2 Å². The molecule has 3 aromatic rings. The van der Waals surface area contributed by atoms with Gasteiger partial charge in [-0.1, -0.05) is 0 Å². The number of hydrogen-bond acceptors (Lipinski definition) is 3. The van der Waals surface area contributed by atoms with Gasteiger partial charge in [0.15, 0.2) is 11.6 Å². The molecule has 0 aliphatic heterocycles. The fourth-order valence-corrected chi connectivity index (χ4v) is 2.90. The molecule has 0 radical (unpaired) electrons. The van der Waals surface area contributed by atoms with Gasteiger partial charge in [0.1, 0.15) is 0 Å². The first kappa shape index (κ1) is 14.3. The van der Waals surface area contributed by atoms with Gasteiger partial charge in [-0.15, -0.1) is 0 Å². The zero-order chi connectivity index (χ0) is 16.1. The standard InChI is InChI=1S/C17H15F2N3O/c1-9(23)15-5-11(8-20-21-15)16-6-10-4-13(18)14(19)7-17(10)22(16)12-2-3-12/h4-9,12,23H,2-3H2,1H3. The van der Waals surface area contributed by atoms with E-state index in [0.29, 0.717) is 16.6 Å². The predicted molar refractivity (Wildman–Crippen MR) is 81.8 cm³/mol. The topological polar surface area (TPSA) is 50.9 Å². The van der Waals surface area contributed by atoms with Crippen molar-refractivity contribution in [2.24, 2.45) is 0 Å². The van der Waals surface area contributed by atoms with Crippen LogP contribution in [-0.2, 0) is 0 Å². The molecule has 1 aromatic carbocycles. The fraction of sp³-hybridized carbons (Fsp3) is 0.294. The van der Waals surface area contributed by atoms with Crippen LogP contribution < -0.4 is 0 Å². The van der Waals surface area contributed by atoms with E-state index >= 15 is 0 Å². The van der Waals surface area contributed by atoms with Crippen LogP contribution in [0.1, 0.15) is 37.6 Å². The summed E-state index contributed by atoms with van der Waals surface area (Å²) in [6, 6.07) is 6.35. The van der Waals surface area contributed by atoms with Crippen molar-refractivity contribution in [3.05, 3.63) is 47.8 Å². The number of nitrogens with zero attached hydrogens (tertiary/aromatic N) is 3. The van der Waals surface area contributed by atoms with Gasteiger partial charge in [-0.05, 0) is 38.0 Å². The van der Waals surface area contributed by atoms with Crippen LogP contribution in [0.15, 0.2) is 30.5 Å². The first-order chi connectivity index (χ1) is 11.0. The number of fused-ring (bicyclic) bond motifs is 1. The van der Waals surface area contributed by atoms with E-state index < -0.39 is 17.7 Å². The first-order valence-corrected chi connectivity index (χ1v) is 7.55. The summed E-state index contributed by atoms with van der Waals surface area (Å²) in [5, 5.41) is 18.2. The summed E-state index contributed by atoms with van der Waals surface area (Å²) in [6.45, 7) is 1.62. The Hall–Kier alpha value is -2.34.